The van der Waals surface area contributed by atoms with Crippen molar-refractivity contribution < 1.29 is 9.59 Å². The monoisotopic (exact) mass is 917 g/mol. The van der Waals surface area contributed by atoms with E-state index in [4.69, 9.17) is 6.42 Å². The summed E-state index contributed by atoms with van der Waals surface area (Å²) in [6, 6.07) is 0.660. The summed E-state index contributed by atoms with van der Waals surface area (Å²) in [6.45, 7) is 62.9. The Bertz CT molecular complexity index is 1120. The molecule has 3 N–H and O–H groups in total. The molecule has 0 aromatic rings. The first-order valence-electron chi connectivity index (χ1n) is 26.5. The van der Waals surface area contributed by atoms with Gasteiger partial charge in [0.2, 0.25) is 5.91 Å². The lowest BCUT2D eigenvalue weighted by atomic mass is 9.69. The predicted octanol–water partition coefficient (Wildman–Crippen LogP) is 16.9. The van der Waals surface area contributed by atoms with Gasteiger partial charge >= 0.3 is 0 Å². The minimum absolute atomic E-state index is 0.0567. The highest BCUT2D eigenvalue weighted by molar-refractivity contribution is 5.86. The highest BCUT2D eigenvalue weighted by Crippen LogP contribution is 2.44. The van der Waals surface area contributed by atoms with Gasteiger partial charge in [-0.25, -0.2) is 0 Å². The number of hydrogen-bond donors (Lipinski definition) is 3. The van der Waals surface area contributed by atoms with E-state index in [2.05, 4.69) is 157 Å². The maximum atomic E-state index is 11.0. The van der Waals surface area contributed by atoms with Crippen molar-refractivity contribution in [3.05, 3.63) is 50.4 Å². The number of terminal acetylenes is 1. The van der Waals surface area contributed by atoms with Gasteiger partial charge in [0.1, 0.15) is 5.78 Å². The van der Waals surface area contributed by atoms with Gasteiger partial charge in [-0.15, -0.1) is 19.6 Å². The van der Waals surface area contributed by atoms with Gasteiger partial charge in [-0.2, -0.15) is 0 Å². The Kier molecular flexibility index (Phi) is 61.4. The van der Waals surface area contributed by atoms with Crippen molar-refractivity contribution in [3.63, 3.8) is 0 Å². The first-order valence-corrected chi connectivity index (χ1v) is 26.5. The molecule has 5 unspecified atom stereocenters. The summed E-state index contributed by atoms with van der Waals surface area (Å²) in [5, 5.41) is 9.62. The van der Waals surface area contributed by atoms with Crippen LogP contribution in [0.5, 0.6) is 0 Å². The second-order valence-electron chi connectivity index (χ2n) is 18.9. The van der Waals surface area contributed by atoms with Crippen LogP contribution in [0, 0.1) is 40.9 Å². The van der Waals surface area contributed by atoms with Crippen LogP contribution in [-0.4, -0.2) is 54.9 Å². The number of ketones is 1. The van der Waals surface area contributed by atoms with E-state index in [1.807, 2.05) is 41.5 Å². The molecule has 388 valence electrons. The Morgan fingerprint density at radius 2 is 1.25 bits per heavy atom. The molecule has 1 rings (SSSR count). The van der Waals surface area contributed by atoms with E-state index in [0.29, 0.717) is 42.2 Å². The average Bonchev–Trinajstić information content (AvgIpc) is 3.40. The third-order valence-electron chi connectivity index (χ3n) is 11.5. The van der Waals surface area contributed by atoms with Crippen LogP contribution in [0.4, 0.5) is 0 Å². The Morgan fingerprint density at radius 3 is 1.58 bits per heavy atom. The van der Waals surface area contributed by atoms with Crippen LogP contribution in [0.15, 0.2) is 50.4 Å². The molecule has 6 heteroatoms. The average molecular weight is 918 g/mol. The van der Waals surface area contributed by atoms with Gasteiger partial charge in [-0.05, 0) is 81.6 Å². The van der Waals surface area contributed by atoms with E-state index in [1.165, 1.54) is 101 Å². The number of carbonyl (C=O) groups excluding carboxylic acids is 2. The molecule has 0 radical (unpaired) electrons. The molecule has 0 spiro atoms. The highest BCUT2D eigenvalue weighted by Gasteiger charge is 2.35. The third-order valence-corrected chi connectivity index (χ3v) is 11.5. The summed E-state index contributed by atoms with van der Waals surface area (Å²) in [7, 11) is 2.27. The summed E-state index contributed by atoms with van der Waals surface area (Å²) in [6.07, 6.45) is 26.5. The van der Waals surface area contributed by atoms with E-state index in [0.717, 1.165) is 19.4 Å². The van der Waals surface area contributed by atoms with Crippen molar-refractivity contribution in [2.75, 3.05) is 20.1 Å². The third kappa shape index (κ3) is 46.1. The highest BCUT2D eigenvalue weighted by atomic mass is 16.1. The van der Waals surface area contributed by atoms with Crippen molar-refractivity contribution in [2.24, 2.45) is 28.6 Å². The number of hydrogen-bond acceptors (Lipinski definition) is 5. The number of nitrogens with one attached hydrogen (secondary N) is 3. The fourth-order valence-corrected chi connectivity index (χ4v) is 7.04. The van der Waals surface area contributed by atoms with Gasteiger partial charge < -0.3 is 25.6 Å². The van der Waals surface area contributed by atoms with Crippen LogP contribution >= 0.6 is 0 Å². The number of likely N-dealkylation sites (N-methyl/N-ethyl adjacent to an activating group) is 2. The molecule has 0 bridgehead atoms. The van der Waals surface area contributed by atoms with E-state index in [-0.39, 0.29) is 29.2 Å². The van der Waals surface area contributed by atoms with Crippen molar-refractivity contribution in [1.29, 1.82) is 0 Å². The lowest BCUT2D eigenvalue weighted by Gasteiger charge is -2.43. The molecule has 1 saturated carbocycles. The van der Waals surface area contributed by atoms with E-state index in [9.17, 15) is 9.59 Å². The first kappa shape index (κ1) is 76.5. The number of rotatable bonds is 20. The molecule has 1 aliphatic rings. The summed E-state index contributed by atoms with van der Waals surface area (Å²) in [5.41, 5.74) is 2.97. The molecule has 0 aromatic carbocycles. The fourth-order valence-electron chi connectivity index (χ4n) is 7.04. The largest absolute Gasteiger partial charge is 0.387 e. The molecule has 6 nitrogen and oxygen atoms in total. The van der Waals surface area contributed by atoms with E-state index >= 15 is 0 Å². The summed E-state index contributed by atoms with van der Waals surface area (Å²) in [5.74, 6) is 4.66. The van der Waals surface area contributed by atoms with Crippen LogP contribution < -0.4 is 16.0 Å². The Morgan fingerprint density at radius 1 is 0.800 bits per heavy atom. The minimum Gasteiger partial charge on any atom is -0.387 e. The Labute approximate surface area is 411 Å². The first-order chi connectivity index (χ1) is 30.6. The lowest BCUT2D eigenvalue weighted by Crippen LogP contribution is -2.44. The standard InChI is InChI=1S/C29H56N2.C13H23NO.C5H9NO.2C3H8.2C2H6.C2H4/c1-10-18-24(4)22-30-26(6)28(21-23(3)11-2)31(9)27(7)25(5)29(8)19-16-14-12-13-15-17-20-29;1-7-10(2)14-12(13(4,5)6)9-8-11(3)15;1-3-5(7)6-4-2;2*1-3-2;3*1-2/h23-25,28,30H,6-7,10-22H2,1-5,8-9H3;1,10,12,14H,8-9H2,2-6H3;3H,1,4H2,2H3,(H,6,7);2*3H2,1-2H3;2*1-2H3;1-2H2/t23-,24?,25?,28?;;;;;;;/m1......./s1. The molecular formula is C59H120N4O2. The molecular weight excluding hydrogens is 797 g/mol. The van der Waals surface area contributed by atoms with Gasteiger partial charge in [-0.3, -0.25) is 4.79 Å². The fraction of sp³-hybridized carbons (Fsp3) is 0.797. The zero-order chi connectivity index (χ0) is 52.6. The maximum Gasteiger partial charge on any atom is 0.243 e. The number of nitrogens with zero attached hydrogens (tertiary/aromatic N) is 1. The van der Waals surface area contributed by atoms with Gasteiger partial charge in [0.05, 0.1) is 12.1 Å². The van der Waals surface area contributed by atoms with Crippen molar-refractivity contribution in [2.45, 2.75) is 259 Å². The smallest absolute Gasteiger partial charge is 0.243 e. The van der Waals surface area contributed by atoms with Crippen LogP contribution in [-0.2, 0) is 9.59 Å². The van der Waals surface area contributed by atoms with E-state index in [1.54, 1.807) is 6.92 Å². The Balaban J connectivity index is -0.000000163. The molecule has 0 heterocycles. The van der Waals surface area contributed by atoms with Crippen LogP contribution in [0.3, 0.4) is 0 Å². The van der Waals surface area contributed by atoms with Crippen LogP contribution in [0.1, 0.15) is 241 Å². The van der Waals surface area contributed by atoms with Crippen molar-refractivity contribution in [3.8, 4) is 12.3 Å². The summed E-state index contributed by atoms with van der Waals surface area (Å²) >= 11 is 0. The number of Topliss-reactive ketones (excluding diaryl/α,β-unsaturated/α-hetero) is 1. The predicted molar refractivity (Wildman–Crippen MR) is 300 cm³/mol. The molecule has 0 aromatic heterocycles. The van der Waals surface area contributed by atoms with Crippen LogP contribution in [0.25, 0.3) is 0 Å². The number of amides is 1. The minimum atomic E-state index is -0.109. The molecule has 1 aliphatic carbocycles. The molecule has 1 fully saturated rings. The maximum absolute atomic E-state index is 11.0. The number of carbonyl (C=O) groups is 2. The summed E-state index contributed by atoms with van der Waals surface area (Å²) < 4.78 is 0. The quantitative estimate of drug-likeness (QED) is 0.0645. The topological polar surface area (TPSA) is 73.5 Å². The van der Waals surface area contributed by atoms with E-state index < -0.39 is 0 Å². The SMILES string of the molecule is C#CC(C)NC(CCC(C)=O)C(C)(C)C.C=C.C=C(NCC(C)CCC)C(C[C@H](C)CC)N(C)C(=C)C(C)C1(C)CCCCCCCC1.C=CC(=O)NCC.CC.CC.CCC.CCC. The zero-order valence-electron chi connectivity index (χ0n) is 48.1. The zero-order valence-corrected chi connectivity index (χ0v) is 48.1. The second-order valence-corrected chi connectivity index (χ2v) is 18.9. The van der Waals surface area contributed by atoms with Gasteiger partial charge in [-0.1, -0.05) is 208 Å². The molecule has 0 saturated heterocycles. The molecule has 6 atom stereocenters. The van der Waals surface area contributed by atoms with Crippen molar-refractivity contribution >= 4 is 11.7 Å². The second kappa shape index (κ2) is 52.2. The van der Waals surface area contributed by atoms with Gasteiger partial charge in [0.15, 0.2) is 0 Å². The summed E-state index contributed by atoms with van der Waals surface area (Å²) in [4.78, 5) is 23.6. The molecule has 1 amide bonds. The van der Waals surface area contributed by atoms with Gasteiger partial charge in [0, 0.05) is 49.9 Å². The van der Waals surface area contributed by atoms with Crippen molar-refractivity contribution in [1.82, 2.24) is 20.9 Å². The lowest BCUT2D eigenvalue weighted by molar-refractivity contribution is -0.117. The van der Waals surface area contributed by atoms with Gasteiger partial charge in [0.25, 0.3) is 0 Å². The number of allylic oxidation sites excluding steroid dienone is 1. The molecule has 0 aliphatic heterocycles. The Hall–Kier alpha value is -2.78. The normalized spacial score (nSPS) is 15.2. The van der Waals surface area contributed by atoms with Crippen LogP contribution in [0.2, 0.25) is 0 Å². The molecule has 65 heavy (non-hydrogen) atoms.